The second kappa shape index (κ2) is 10.2. The maximum Gasteiger partial charge on any atom is 0.368 e. The fraction of sp³-hybridized carbons (Fsp3) is 0.346. The first-order chi connectivity index (χ1) is 17.3. The van der Waals surface area contributed by atoms with Crippen LogP contribution in [0.25, 0.3) is 16.9 Å². The molecule has 4 rings (SSSR count). The van der Waals surface area contributed by atoms with Gasteiger partial charge in [0.15, 0.2) is 5.69 Å². The van der Waals surface area contributed by atoms with Gasteiger partial charge in [0.25, 0.3) is 0 Å². The molecule has 0 saturated carbocycles. The van der Waals surface area contributed by atoms with E-state index in [-0.39, 0.29) is 12.3 Å². The Bertz CT molecular complexity index is 1480. The molecule has 0 atom stereocenters. The molecule has 0 unspecified atom stereocenters. The van der Waals surface area contributed by atoms with Gasteiger partial charge in [0.2, 0.25) is 0 Å². The zero-order valence-corrected chi connectivity index (χ0v) is 21.4. The molecule has 2 heterocycles. The standard InChI is InChI=1S/C26H30N6O4/c1-7-31-24(18(5)23(27-31)25(33)35-8-2)19-12-13-22(17(4)14-19)36-15-20-16(3)10-9-11-21(20)32-26(34)30(6)28-29-32/h9-14H,7-8,15H2,1-6H3. The Hall–Kier alpha value is -4.21. The SMILES string of the molecule is CCOC(=O)c1nn(CC)c(-c2ccc(OCc3c(C)cccc3-n3nnn(C)c3=O)c(C)c2)c1C. The predicted molar refractivity (Wildman–Crippen MR) is 134 cm³/mol. The molecule has 36 heavy (non-hydrogen) atoms. The third kappa shape index (κ3) is 4.53. The smallest absolute Gasteiger partial charge is 0.368 e. The van der Waals surface area contributed by atoms with Gasteiger partial charge in [0.1, 0.15) is 12.4 Å². The molecule has 0 aliphatic rings. The van der Waals surface area contributed by atoms with Gasteiger partial charge in [-0.1, -0.05) is 12.1 Å². The van der Waals surface area contributed by atoms with Gasteiger partial charge in [-0.05, 0) is 80.4 Å². The van der Waals surface area contributed by atoms with Gasteiger partial charge in [-0.2, -0.15) is 14.5 Å². The largest absolute Gasteiger partial charge is 0.489 e. The van der Waals surface area contributed by atoms with Crippen molar-refractivity contribution in [1.82, 2.24) is 29.6 Å². The van der Waals surface area contributed by atoms with E-state index in [1.54, 1.807) is 14.0 Å². The van der Waals surface area contributed by atoms with Crippen LogP contribution in [0.5, 0.6) is 5.75 Å². The molecule has 0 aliphatic carbocycles. The average molecular weight is 491 g/mol. The van der Waals surface area contributed by atoms with Crippen LogP contribution in [0.15, 0.2) is 41.2 Å². The summed E-state index contributed by atoms with van der Waals surface area (Å²) in [5.41, 5.74) is 5.99. The van der Waals surface area contributed by atoms with Crippen molar-refractivity contribution in [2.45, 2.75) is 47.8 Å². The second-order valence-electron chi connectivity index (χ2n) is 8.50. The lowest BCUT2D eigenvalue weighted by Crippen LogP contribution is -2.23. The van der Waals surface area contributed by atoms with E-state index in [0.717, 1.165) is 33.5 Å². The molecule has 0 bridgehead atoms. The normalized spacial score (nSPS) is 11.1. The molecular weight excluding hydrogens is 460 g/mol. The van der Waals surface area contributed by atoms with Crippen LogP contribution in [0.3, 0.4) is 0 Å². The average Bonchev–Trinajstić information content (AvgIpc) is 3.37. The number of carbonyl (C=O) groups is 1. The number of aryl methyl sites for hydroxylation is 4. The van der Waals surface area contributed by atoms with Crippen molar-refractivity contribution < 1.29 is 14.3 Å². The first-order valence-electron chi connectivity index (χ1n) is 11.8. The van der Waals surface area contributed by atoms with Gasteiger partial charge in [0, 0.05) is 30.3 Å². The molecule has 0 amide bonds. The second-order valence-corrected chi connectivity index (χ2v) is 8.50. The van der Waals surface area contributed by atoms with Gasteiger partial charge in [-0.25, -0.2) is 9.59 Å². The Kier molecular flexibility index (Phi) is 7.05. The maximum absolute atomic E-state index is 12.4. The number of nitrogens with zero attached hydrogens (tertiary/aromatic N) is 6. The van der Waals surface area contributed by atoms with E-state index in [9.17, 15) is 9.59 Å². The Balaban J connectivity index is 1.63. The molecular formula is C26H30N6O4. The molecule has 10 heteroatoms. The first-order valence-corrected chi connectivity index (χ1v) is 11.8. The molecule has 0 aliphatic heterocycles. The highest BCUT2D eigenvalue weighted by molar-refractivity contribution is 5.91. The summed E-state index contributed by atoms with van der Waals surface area (Å²) in [6.45, 7) is 10.7. The summed E-state index contributed by atoms with van der Waals surface area (Å²) in [7, 11) is 1.56. The highest BCUT2D eigenvalue weighted by Gasteiger charge is 2.22. The molecule has 10 nitrogen and oxygen atoms in total. The summed E-state index contributed by atoms with van der Waals surface area (Å²) in [5, 5.41) is 12.3. The van der Waals surface area contributed by atoms with E-state index in [1.165, 1.54) is 9.36 Å². The van der Waals surface area contributed by atoms with Crippen LogP contribution in [0.1, 0.15) is 46.6 Å². The topological polar surface area (TPSA) is 106 Å². The van der Waals surface area contributed by atoms with Crippen molar-refractivity contribution in [2.75, 3.05) is 6.61 Å². The van der Waals surface area contributed by atoms with Crippen molar-refractivity contribution in [3.63, 3.8) is 0 Å². The van der Waals surface area contributed by atoms with Crippen molar-refractivity contribution >= 4 is 5.97 Å². The predicted octanol–water partition coefficient (Wildman–Crippen LogP) is 3.53. The summed E-state index contributed by atoms with van der Waals surface area (Å²) in [5.74, 6) is 0.293. The highest BCUT2D eigenvalue weighted by atomic mass is 16.5. The number of ether oxygens (including phenoxy) is 2. The first kappa shape index (κ1) is 24.9. The van der Waals surface area contributed by atoms with Gasteiger partial charge in [0.05, 0.1) is 18.0 Å². The van der Waals surface area contributed by atoms with E-state index in [0.29, 0.717) is 30.3 Å². The van der Waals surface area contributed by atoms with Crippen LogP contribution in [0.2, 0.25) is 0 Å². The molecule has 0 saturated heterocycles. The molecule has 188 valence electrons. The molecule has 0 spiro atoms. The summed E-state index contributed by atoms with van der Waals surface area (Å²) in [6.07, 6.45) is 0. The number of esters is 1. The number of hydrogen-bond donors (Lipinski definition) is 0. The minimum atomic E-state index is -0.420. The zero-order valence-electron chi connectivity index (χ0n) is 21.4. The Morgan fingerprint density at radius 2 is 1.81 bits per heavy atom. The van der Waals surface area contributed by atoms with E-state index in [1.807, 2.05) is 68.8 Å². The van der Waals surface area contributed by atoms with E-state index < -0.39 is 5.97 Å². The fourth-order valence-corrected chi connectivity index (χ4v) is 4.19. The van der Waals surface area contributed by atoms with Crippen LogP contribution >= 0.6 is 0 Å². The molecule has 2 aromatic heterocycles. The number of carbonyl (C=O) groups excluding carboxylic acids is 1. The van der Waals surface area contributed by atoms with Crippen LogP contribution in [-0.4, -0.2) is 42.1 Å². The van der Waals surface area contributed by atoms with E-state index in [2.05, 4.69) is 15.5 Å². The maximum atomic E-state index is 12.4. The van der Waals surface area contributed by atoms with Gasteiger partial charge in [-0.15, -0.1) is 0 Å². The number of aromatic nitrogens is 6. The Morgan fingerprint density at radius 1 is 1.03 bits per heavy atom. The van der Waals surface area contributed by atoms with Gasteiger partial charge >= 0.3 is 11.7 Å². The lowest BCUT2D eigenvalue weighted by Gasteiger charge is -2.15. The van der Waals surface area contributed by atoms with Crippen molar-refractivity contribution in [1.29, 1.82) is 0 Å². The number of tetrazole rings is 1. The summed E-state index contributed by atoms with van der Waals surface area (Å²) in [6, 6.07) is 11.6. The van der Waals surface area contributed by atoms with Gasteiger partial charge < -0.3 is 9.47 Å². The lowest BCUT2D eigenvalue weighted by molar-refractivity contribution is 0.0517. The zero-order chi connectivity index (χ0) is 26.0. The third-order valence-corrected chi connectivity index (χ3v) is 6.11. The minimum absolute atomic E-state index is 0.254. The van der Waals surface area contributed by atoms with Crippen molar-refractivity contribution in [2.24, 2.45) is 7.05 Å². The third-order valence-electron chi connectivity index (χ3n) is 6.11. The molecule has 2 aromatic carbocycles. The van der Waals surface area contributed by atoms with Crippen LogP contribution in [-0.2, 0) is 24.9 Å². The van der Waals surface area contributed by atoms with Crippen molar-refractivity contribution in [3.05, 3.63) is 74.8 Å². The highest BCUT2D eigenvalue weighted by Crippen LogP contribution is 2.31. The molecule has 0 N–H and O–H groups in total. The van der Waals surface area contributed by atoms with Crippen LogP contribution < -0.4 is 10.4 Å². The summed E-state index contributed by atoms with van der Waals surface area (Å²) >= 11 is 0. The molecule has 4 aromatic rings. The van der Waals surface area contributed by atoms with Gasteiger partial charge in [-0.3, -0.25) is 4.68 Å². The lowest BCUT2D eigenvalue weighted by atomic mass is 10.0. The van der Waals surface area contributed by atoms with Crippen LogP contribution in [0.4, 0.5) is 0 Å². The van der Waals surface area contributed by atoms with Crippen LogP contribution in [0, 0.1) is 20.8 Å². The summed E-state index contributed by atoms with van der Waals surface area (Å²) < 4.78 is 15.6. The monoisotopic (exact) mass is 490 g/mol. The van der Waals surface area contributed by atoms with Crippen molar-refractivity contribution in [3.8, 4) is 22.7 Å². The Morgan fingerprint density at radius 3 is 2.44 bits per heavy atom. The van der Waals surface area contributed by atoms with E-state index in [4.69, 9.17) is 9.47 Å². The number of benzene rings is 2. The summed E-state index contributed by atoms with van der Waals surface area (Å²) in [4.78, 5) is 24.8. The van der Waals surface area contributed by atoms with E-state index >= 15 is 0 Å². The molecule has 0 fully saturated rings. The minimum Gasteiger partial charge on any atom is -0.489 e. The Labute approximate surface area is 209 Å². The number of hydrogen-bond acceptors (Lipinski definition) is 7. The fourth-order valence-electron chi connectivity index (χ4n) is 4.19. The quantitative estimate of drug-likeness (QED) is 0.348. The molecule has 0 radical (unpaired) electrons. The number of rotatable bonds is 8.